The van der Waals surface area contributed by atoms with Crippen molar-refractivity contribution in [3.63, 3.8) is 0 Å². The maximum Gasteiger partial charge on any atom is 0.410 e. The molecule has 0 saturated carbocycles. The van der Waals surface area contributed by atoms with Crippen LogP contribution in [0.1, 0.15) is 33.6 Å². The molecule has 1 aromatic rings. The van der Waals surface area contributed by atoms with Crippen LogP contribution in [0.4, 0.5) is 4.79 Å². The van der Waals surface area contributed by atoms with Crippen molar-refractivity contribution in [2.75, 3.05) is 19.3 Å². The third kappa shape index (κ3) is 5.85. The molecule has 7 nitrogen and oxygen atoms in total. The minimum absolute atomic E-state index is 0.0523. The van der Waals surface area contributed by atoms with E-state index < -0.39 is 15.4 Å². The van der Waals surface area contributed by atoms with E-state index in [1.165, 1.54) is 12.3 Å². The Morgan fingerprint density at radius 3 is 2.44 bits per heavy atom. The number of nitrogens with zero attached hydrogens (tertiary/aromatic N) is 2. The first-order chi connectivity index (χ1) is 11.5. The number of rotatable bonds is 3. The third-order valence-corrected chi connectivity index (χ3v) is 5.08. The Bertz CT molecular complexity index is 737. The number of halogens is 1. The predicted molar refractivity (Wildman–Crippen MR) is 96.5 cm³/mol. The summed E-state index contributed by atoms with van der Waals surface area (Å²) in [5.41, 5.74) is -0.532. The zero-order valence-electron chi connectivity index (χ0n) is 14.8. The number of hydrogen-bond donors (Lipinski definition) is 0. The SMILES string of the molecule is CC(C)(C)OC(=O)N1CCC(Oc2ncc(Br)cc2S(C)(=O)=O)CC1. The van der Waals surface area contributed by atoms with Crippen molar-refractivity contribution in [3.05, 3.63) is 16.7 Å². The largest absolute Gasteiger partial charge is 0.473 e. The highest BCUT2D eigenvalue weighted by atomic mass is 79.9. The van der Waals surface area contributed by atoms with E-state index >= 15 is 0 Å². The average molecular weight is 435 g/mol. The van der Waals surface area contributed by atoms with Gasteiger partial charge in [-0.15, -0.1) is 0 Å². The fourth-order valence-corrected chi connectivity index (χ4v) is 3.64. The summed E-state index contributed by atoms with van der Waals surface area (Å²) >= 11 is 3.22. The van der Waals surface area contributed by atoms with Crippen LogP contribution in [0.15, 0.2) is 21.6 Å². The molecule has 0 N–H and O–H groups in total. The van der Waals surface area contributed by atoms with Crippen LogP contribution in [-0.2, 0) is 14.6 Å². The molecule has 1 amide bonds. The number of likely N-dealkylation sites (tertiary alicyclic amines) is 1. The molecule has 0 atom stereocenters. The lowest BCUT2D eigenvalue weighted by Gasteiger charge is -2.33. The van der Waals surface area contributed by atoms with E-state index in [1.807, 2.05) is 20.8 Å². The molecule has 2 heterocycles. The predicted octanol–water partition coefficient (Wildman–Crippen LogP) is 3.03. The second-order valence-corrected chi connectivity index (χ2v) is 9.91. The molecular formula is C16H23BrN2O5S. The standard InChI is InChI=1S/C16H23BrN2O5S/c1-16(2,3)24-15(20)19-7-5-12(6-8-19)23-14-13(25(4,21)22)9-11(17)10-18-14/h9-10,12H,5-8H2,1-4H3. The van der Waals surface area contributed by atoms with E-state index in [-0.39, 0.29) is 23.0 Å². The van der Waals surface area contributed by atoms with Gasteiger partial charge < -0.3 is 14.4 Å². The van der Waals surface area contributed by atoms with E-state index in [1.54, 1.807) is 4.90 Å². The van der Waals surface area contributed by atoms with Crippen molar-refractivity contribution in [2.24, 2.45) is 0 Å². The first kappa shape index (κ1) is 20.0. The summed E-state index contributed by atoms with van der Waals surface area (Å²) in [7, 11) is -3.45. The van der Waals surface area contributed by atoms with Crippen molar-refractivity contribution in [3.8, 4) is 5.88 Å². The molecule has 2 rings (SSSR count). The molecule has 1 fully saturated rings. The van der Waals surface area contributed by atoms with Gasteiger partial charge in [0.2, 0.25) is 5.88 Å². The minimum atomic E-state index is -3.45. The number of hydrogen-bond acceptors (Lipinski definition) is 6. The van der Waals surface area contributed by atoms with E-state index in [9.17, 15) is 13.2 Å². The number of carbonyl (C=O) groups is 1. The molecule has 25 heavy (non-hydrogen) atoms. The molecular weight excluding hydrogens is 412 g/mol. The normalized spacial score (nSPS) is 16.6. The Morgan fingerprint density at radius 1 is 1.32 bits per heavy atom. The van der Waals surface area contributed by atoms with Crippen LogP contribution in [0.3, 0.4) is 0 Å². The number of sulfone groups is 1. The lowest BCUT2D eigenvalue weighted by molar-refractivity contribution is 0.0120. The molecule has 0 radical (unpaired) electrons. The van der Waals surface area contributed by atoms with Crippen molar-refractivity contribution in [1.29, 1.82) is 0 Å². The van der Waals surface area contributed by atoms with Crippen LogP contribution in [0, 0.1) is 0 Å². The Hall–Kier alpha value is -1.35. The lowest BCUT2D eigenvalue weighted by atomic mass is 10.1. The zero-order chi connectivity index (χ0) is 18.8. The smallest absolute Gasteiger partial charge is 0.410 e. The van der Waals surface area contributed by atoms with Gasteiger partial charge in [-0.05, 0) is 42.8 Å². The van der Waals surface area contributed by atoms with Crippen LogP contribution in [-0.4, -0.2) is 55.4 Å². The molecule has 1 saturated heterocycles. The summed E-state index contributed by atoms with van der Waals surface area (Å²) in [5, 5.41) is 0. The highest BCUT2D eigenvalue weighted by Crippen LogP contribution is 2.27. The highest BCUT2D eigenvalue weighted by Gasteiger charge is 2.29. The van der Waals surface area contributed by atoms with Crippen LogP contribution in [0.25, 0.3) is 0 Å². The van der Waals surface area contributed by atoms with Gasteiger partial charge in [-0.2, -0.15) is 0 Å². The molecule has 0 bridgehead atoms. The third-order valence-electron chi connectivity index (χ3n) is 3.56. The number of aromatic nitrogens is 1. The van der Waals surface area contributed by atoms with Crippen LogP contribution >= 0.6 is 15.9 Å². The zero-order valence-corrected chi connectivity index (χ0v) is 17.2. The van der Waals surface area contributed by atoms with Crippen molar-refractivity contribution >= 4 is 31.9 Å². The maximum atomic E-state index is 12.1. The summed E-state index contributed by atoms with van der Waals surface area (Å²) in [5.74, 6) is 0.0985. The Labute approximate surface area is 156 Å². The monoisotopic (exact) mass is 434 g/mol. The Morgan fingerprint density at radius 2 is 1.92 bits per heavy atom. The van der Waals surface area contributed by atoms with Gasteiger partial charge in [-0.25, -0.2) is 18.2 Å². The molecule has 0 aromatic carbocycles. The number of carbonyl (C=O) groups excluding carboxylic acids is 1. The minimum Gasteiger partial charge on any atom is -0.473 e. The molecule has 0 aliphatic carbocycles. The molecule has 0 unspecified atom stereocenters. The van der Waals surface area contributed by atoms with E-state index in [0.29, 0.717) is 30.4 Å². The second-order valence-electron chi connectivity index (χ2n) is 7.01. The van der Waals surface area contributed by atoms with Crippen molar-refractivity contribution in [1.82, 2.24) is 9.88 Å². The van der Waals surface area contributed by atoms with E-state index in [2.05, 4.69) is 20.9 Å². The van der Waals surface area contributed by atoms with Gasteiger partial charge >= 0.3 is 6.09 Å². The fourth-order valence-electron chi connectivity index (χ4n) is 2.40. The molecule has 0 spiro atoms. The second kappa shape index (κ2) is 7.49. The van der Waals surface area contributed by atoms with Crippen LogP contribution in [0.5, 0.6) is 5.88 Å². The number of piperidine rings is 1. The average Bonchev–Trinajstić information content (AvgIpc) is 2.47. The summed E-state index contributed by atoms with van der Waals surface area (Å²) in [6, 6.07) is 1.48. The van der Waals surface area contributed by atoms with Gasteiger partial charge in [-0.3, -0.25) is 0 Å². The molecule has 9 heteroatoms. The molecule has 140 valence electrons. The van der Waals surface area contributed by atoms with Crippen molar-refractivity contribution < 1.29 is 22.7 Å². The lowest BCUT2D eigenvalue weighted by Crippen LogP contribution is -2.44. The Balaban J connectivity index is 2.00. The summed E-state index contributed by atoms with van der Waals surface area (Å²) in [4.78, 5) is 17.8. The van der Waals surface area contributed by atoms with Crippen LogP contribution in [0.2, 0.25) is 0 Å². The number of pyridine rings is 1. The maximum absolute atomic E-state index is 12.1. The molecule has 1 aromatic heterocycles. The summed E-state index contributed by atoms with van der Waals surface area (Å²) in [6.45, 7) is 6.46. The van der Waals surface area contributed by atoms with E-state index in [4.69, 9.17) is 9.47 Å². The van der Waals surface area contributed by atoms with Crippen LogP contribution < -0.4 is 4.74 Å². The first-order valence-electron chi connectivity index (χ1n) is 7.96. The van der Waals surface area contributed by atoms with Crippen molar-refractivity contribution in [2.45, 2.75) is 50.2 Å². The number of ether oxygens (including phenoxy) is 2. The fraction of sp³-hybridized carbons (Fsp3) is 0.625. The quantitative estimate of drug-likeness (QED) is 0.726. The summed E-state index contributed by atoms with van der Waals surface area (Å²) in [6.07, 6.45) is 3.24. The van der Waals surface area contributed by atoms with Gasteiger partial charge in [0, 0.05) is 42.9 Å². The van der Waals surface area contributed by atoms with Gasteiger partial charge in [-0.1, -0.05) is 0 Å². The Kier molecular flexibility index (Phi) is 5.98. The molecule has 1 aliphatic heterocycles. The highest BCUT2D eigenvalue weighted by molar-refractivity contribution is 9.10. The van der Waals surface area contributed by atoms with Gasteiger partial charge in [0.1, 0.15) is 16.6 Å². The van der Waals surface area contributed by atoms with Gasteiger partial charge in [0.15, 0.2) is 9.84 Å². The topological polar surface area (TPSA) is 85.8 Å². The van der Waals surface area contributed by atoms with Gasteiger partial charge in [0.25, 0.3) is 0 Å². The van der Waals surface area contributed by atoms with E-state index in [0.717, 1.165) is 6.26 Å². The molecule has 1 aliphatic rings. The summed E-state index contributed by atoms with van der Waals surface area (Å²) < 4.78 is 35.6. The first-order valence-corrected chi connectivity index (χ1v) is 10.6. The number of amides is 1. The van der Waals surface area contributed by atoms with Gasteiger partial charge in [0.05, 0.1) is 0 Å².